The van der Waals surface area contributed by atoms with Gasteiger partial charge in [-0.1, -0.05) is 43.2 Å². The summed E-state index contributed by atoms with van der Waals surface area (Å²) in [6, 6.07) is 10.3. The number of benzene rings is 1. The van der Waals surface area contributed by atoms with Gasteiger partial charge in [0.1, 0.15) is 6.04 Å². The summed E-state index contributed by atoms with van der Waals surface area (Å²) in [4.78, 5) is 14.8. The Hall–Kier alpha value is -1.39. The number of fused-ring (bicyclic) bond motifs is 1. The molecule has 0 radical (unpaired) electrons. The number of hydrazine groups is 1. The Bertz CT molecular complexity index is 474. The first-order valence-corrected chi connectivity index (χ1v) is 8.12. The number of nitrogens with zero attached hydrogens (tertiary/aromatic N) is 1. The van der Waals surface area contributed by atoms with Crippen LogP contribution < -0.4 is 11.3 Å². The lowest BCUT2D eigenvalue weighted by Crippen LogP contribution is -2.53. The van der Waals surface area contributed by atoms with Crippen molar-refractivity contribution in [1.29, 1.82) is 0 Å². The zero-order valence-corrected chi connectivity index (χ0v) is 12.5. The number of carbonyl (C=O) groups is 1. The Morgan fingerprint density at radius 2 is 1.86 bits per heavy atom. The van der Waals surface area contributed by atoms with E-state index in [1.165, 1.54) is 38.5 Å². The molecule has 1 aliphatic heterocycles. The molecule has 4 nitrogen and oxygen atoms in total. The molecule has 0 bridgehead atoms. The SMILES string of the molecule is NNC(=O)C(c1ccccc1)N1CCCC2CCCCC21. The van der Waals surface area contributed by atoms with E-state index in [1.807, 2.05) is 30.3 Å². The number of carbonyl (C=O) groups excluding carboxylic acids is 1. The zero-order chi connectivity index (χ0) is 14.7. The second-order valence-electron chi connectivity index (χ2n) is 6.31. The maximum Gasteiger partial charge on any atom is 0.255 e. The molecule has 3 N–H and O–H groups in total. The fourth-order valence-corrected chi connectivity index (χ4v) is 4.19. The molecule has 3 unspecified atom stereocenters. The molecule has 4 heteroatoms. The van der Waals surface area contributed by atoms with Crippen molar-refractivity contribution in [1.82, 2.24) is 10.3 Å². The number of nitrogens with one attached hydrogen (secondary N) is 1. The highest BCUT2D eigenvalue weighted by Crippen LogP contribution is 2.39. The first kappa shape index (κ1) is 14.5. The van der Waals surface area contributed by atoms with E-state index in [0.717, 1.165) is 18.0 Å². The zero-order valence-electron chi connectivity index (χ0n) is 12.5. The molecule has 1 aromatic carbocycles. The predicted molar refractivity (Wildman–Crippen MR) is 83.2 cm³/mol. The van der Waals surface area contributed by atoms with Crippen molar-refractivity contribution in [2.24, 2.45) is 11.8 Å². The van der Waals surface area contributed by atoms with E-state index in [2.05, 4.69) is 10.3 Å². The van der Waals surface area contributed by atoms with Crippen molar-refractivity contribution in [3.8, 4) is 0 Å². The van der Waals surface area contributed by atoms with Crippen LogP contribution in [0.15, 0.2) is 30.3 Å². The molecule has 1 heterocycles. The smallest absolute Gasteiger partial charge is 0.255 e. The summed E-state index contributed by atoms with van der Waals surface area (Å²) >= 11 is 0. The third kappa shape index (κ3) is 2.97. The highest BCUT2D eigenvalue weighted by Gasteiger charge is 2.39. The highest BCUT2D eigenvalue weighted by molar-refractivity contribution is 5.82. The monoisotopic (exact) mass is 287 g/mol. The minimum absolute atomic E-state index is 0.0903. The lowest BCUT2D eigenvalue weighted by Gasteiger charge is -2.47. The molecule has 2 fully saturated rings. The standard InChI is InChI=1S/C17H25N3O/c18-19-17(21)16(14-8-2-1-3-9-14)20-12-6-10-13-7-4-5-11-15(13)20/h1-3,8-9,13,15-16H,4-7,10-12,18H2,(H,19,21). The van der Waals surface area contributed by atoms with E-state index in [4.69, 9.17) is 5.84 Å². The van der Waals surface area contributed by atoms with Crippen molar-refractivity contribution in [3.63, 3.8) is 0 Å². The molecule has 3 rings (SSSR count). The van der Waals surface area contributed by atoms with Crippen LogP contribution in [0, 0.1) is 5.92 Å². The van der Waals surface area contributed by atoms with Crippen molar-refractivity contribution < 1.29 is 4.79 Å². The topological polar surface area (TPSA) is 58.4 Å². The minimum atomic E-state index is -0.248. The molecule has 1 saturated carbocycles. The summed E-state index contributed by atoms with van der Waals surface area (Å²) in [6.07, 6.45) is 7.64. The second-order valence-corrected chi connectivity index (χ2v) is 6.31. The molecule has 1 amide bonds. The molecule has 114 valence electrons. The molecular weight excluding hydrogens is 262 g/mol. The Labute approximate surface area is 126 Å². The van der Waals surface area contributed by atoms with Crippen LogP contribution >= 0.6 is 0 Å². The van der Waals surface area contributed by atoms with Crippen LogP contribution in [0.4, 0.5) is 0 Å². The Morgan fingerprint density at radius 1 is 1.14 bits per heavy atom. The van der Waals surface area contributed by atoms with E-state index >= 15 is 0 Å². The Morgan fingerprint density at radius 3 is 2.62 bits per heavy atom. The number of hydrogen-bond acceptors (Lipinski definition) is 3. The fraction of sp³-hybridized carbons (Fsp3) is 0.588. The lowest BCUT2D eigenvalue weighted by atomic mass is 9.77. The van der Waals surface area contributed by atoms with Crippen LogP contribution in [0.25, 0.3) is 0 Å². The van der Waals surface area contributed by atoms with Crippen LogP contribution in [0.5, 0.6) is 0 Å². The molecular formula is C17H25N3O. The van der Waals surface area contributed by atoms with Gasteiger partial charge < -0.3 is 0 Å². The van der Waals surface area contributed by atoms with Crippen LogP contribution in [-0.4, -0.2) is 23.4 Å². The predicted octanol–water partition coefficient (Wildman–Crippen LogP) is 2.37. The molecule has 0 aromatic heterocycles. The number of amides is 1. The van der Waals surface area contributed by atoms with E-state index in [9.17, 15) is 4.79 Å². The van der Waals surface area contributed by atoms with Crippen LogP contribution in [0.2, 0.25) is 0 Å². The summed E-state index contributed by atoms with van der Waals surface area (Å²) in [7, 11) is 0. The van der Waals surface area contributed by atoms with Crippen molar-refractivity contribution >= 4 is 5.91 Å². The van der Waals surface area contributed by atoms with E-state index < -0.39 is 0 Å². The number of hydrogen-bond donors (Lipinski definition) is 2. The first-order valence-electron chi connectivity index (χ1n) is 8.12. The third-order valence-electron chi connectivity index (χ3n) is 5.12. The van der Waals surface area contributed by atoms with Gasteiger partial charge in [-0.3, -0.25) is 15.1 Å². The van der Waals surface area contributed by atoms with E-state index in [-0.39, 0.29) is 11.9 Å². The quantitative estimate of drug-likeness (QED) is 0.510. The van der Waals surface area contributed by atoms with Gasteiger partial charge in [0.2, 0.25) is 0 Å². The number of piperidine rings is 1. The summed E-state index contributed by atoms with van der Waals surface area (Å²) in [6.45, 7) is 0.994. The molecule has 1 saturated heterocycles. The van der Waals surface area contributed by atoms with E-state index in [0.29, 0.717) is 6.04 Å². The van der Waals surface area contributed by atoms with Crippen LogP contribution in [0.1, 0.15) is 50.1 Å². The van der Waals surface area contributed by atoms with Crippen LogP contribution in [0.3, 0.4) is 0 Å². The van der Waals surface area contributed by atoms with Gasteiger partial charge in [0, 0.05) is 6.04 Å². The number of rotatable bonds is 3. The van der Waals surface area contributed by atoms with Gasteiger partial charge in [0.25, 0.3) is 5.91 Å². The lowest BCUT2D eigenvalue weighted by molar-refractivity contribution is -0.129. The van der Waals surface area contributed by atoms with Gasteiger partial charge in [-0.05, 0) is 43.7 Å². The maximum atomic E-state index is 12.4. The molecule has 1 aliphatic carbocycles. The largest absolute Gasteiger partial charge is 0.293 e. The average molecular weight is 287 g/mol. The Kier molecular flexibility index (Phi) is 4.56. The van der Waals surface area contributed by atoms with Crippen molar-refractivity contribution in [2.75, 3.05) is 6.54 Å². The van der Waals surface area contributed by atoms with Gasteiger partial charge in [0.05, 0.1) is 0 Å². The van der Waals surface area contributed by atoms with Crippen LogP contribution in [-0.2, 0) is 4.79 Å². The molecule has 0 spiro atoms. The molecule has 2 aliphatic rings. The van der Waals surface area contributed by atoms with Gasteiger partial charge in [0.15, 0.2) is 0 Å². The first-order chi connectivity index (χ1) is 10.3. The molecule has 21 heavy (non-hydrogen) atoms. The highest BCUT2D eigenvalue weighted by atomic mass is 16.2. The normalized spacial score (nSPS) is 27.7. The minimum Gasteiger partial charge on any atom is -0.293 e. The number of likely N-dealkylation sites (tertiary alicyclic amines) is 1. The van der Waals surface area contributed by atoms with Gasteiger partial charge in [-0.2, -0.15) is 0 Å². The molecule has 3 atom stereocenters. The van der Waals surface area contributed by atoms with Crippen molar-refractivity contribution in [2.45, 2.75) is 50.6 Å². The van der Waals surface area contributed by atoms with Gasteiger partial charge in [-0.15, -0.1) is 0 Å². The van der Waals surface area contributed by atoms with Gasteiger partial charge >= 0.3 is 0 Å². The van der Waals surface area contributed by atoms with E-state index in [1.54, 1.807) is 0 Å². The maximum absolute atomic E-state index is 12.4. The summed E-state index contributed by atoms with van der Waals surface area (Å²) in [5.41, 5.74) is 3.42. The summed E-state index contributed by atoms with van der Waals surface area (Å²) in [5, 5.41) is 0. The van der Waals surface area contributed by atoms with Crippen molar-refractivity contribution in [3.05, 3.63) is 35.9 Å². The average Bonchev–Trinajstić information content (AvgIpc) is 2.56. The summed E-state index contributed by atoms with van der Waals surface area (Å²) < 4.78 is 0. The fourth-order valence-electron chi connectivity index (χ4n) is 4.19. The summed E-state index contributed by atoms with van der Waals surface area (Å²) in [5.74, 6) is 6.12. The Balaban J connectivity index is 1.90. The third-order valence-corrected chi connectivity index (χ3v) is 5.12. The number of nitrogens with two attached hydrogens (primary N) is 1. The molecule has 1 aromatic rings. The second kappa shape index (κ2) is 6.58. The van der Waals surface area contributed by atoms with Gasteiger partial charge in [-0.25, -0.2) is 5.84 Å².